The summed E-state index contributed by atoms with van der Waals surface area (Å²) in [6, 6.07) is 0.428. The Morgan fingerprint density at radius 3 is 2.29 bits per heavy atom. The molecule has 1 N–H and O–H groups in total. The third-order valence-electron chi connectivity index (χ3n) is 2.87. The molecular weight excluding hydrogens is 227 g/mol. The van der Waals surface area contributed by atoms with E-state index in [2.05, 4.69) is 19.2 Å². The second-order valence-corrected chi connectivity index (χ2v) is 4.78. The molecule has 0 saturated heterocycles. The van der Waals surface area contributed by atoms with E-state index in [-0.39, 0.29) is 6.42 Å². The first-order chi connectivity index (χ1) is 7.95. The molecule has 17 heavy (non-hydrogen) atoms. The lowest BCUT2D eigenvalue weighted by Crippen LogP contribution is -2.27. The first kappa shape index (κ1) is 16.8. The molecular formula is C13H26F3N. The van der Waals surface area contributed by atoms with E-state index in [1.807, 2.05) is 0 Å². The summed E-state index contributed by atoms with van der Waals surface area (Å²) >= 11 is 0. The molecule has 0 radical (unpaired) electrons. The molecule has 1 nitrogen and oxygen atoms in total. The van der Waals surface area contributed by atoms with Gasteiger partial charge in [-0.2, -0.15) is 13.2 Å². The molecule has 1 unspecified atom stereocenters. The standard InChI is InChI=1S/C13H26F3N/c1-3-4-5-6-9-12(2)17-11-8-7-10-13(14,15)16/h12,17H,3-11H2,1-2H3. The second kappa shape index (κ2) is 9.75. The van der Waals surface area contributed by atoms with Gasteiger partial charge in [0, 0.05) is 12.5 Å². The van der Waals surface area contributed by atoms with Crippen LogP contribution in [-0.4, -0.2) is 18.8 Å². The quantitative estimate of drug-likeness (QED) is 0.558. The van der Waals surface area contributed by atoms with Crippen molar-refractivity contribution in [1.82, 2.24) is 5.32 Å². The Bertz CT molecular complexity index is 169. The molecule has 0 aliphatic carbocycles. The molecule has 0 aliphatic heterocycles. The lowest BCUT2D eigenvalue weighted by atomic mass is 10.1. The smallest absolute Gasteiger partial charge is 0.314 e. The number of alkyl halides is 3. The van der Waals surface area contributed by atoms with Gasteiger partial charge >= 0.3 is 6.18 Å². The van der Waals surface area contributed by atoms with Crippen LogP contribution in [0.2, 0.25) is 0 Å². The highest BCUT2D eigenvalue weighted by atomic mass is 19.4. The van der Waals surface area contributed by atoms with Gasteiger partial charge in [-0.1, -0.05) is 32.6 Å². The molecule has 0 aromatic carbocycles. The highest BCUT2D eigenvalue weighted by molar-refractivity contribution is 4.61. The zero-order valence-corrected chi connectivity index (χ0v) is 11.1. The minimum Gasteiger partial charge on any atom is -0.314 e. The number of unbranched alkanes of at least 4 members (excludes halogenated alkanes) is 4. The first-order valence-corrected chi connectivity index (χ1v) is 6.76. The monoisotopic (exact) mass is 253 g/mol. The predicted octanol–water partition coefficient (Wildman–Crippen LogP) is 4.67. The van der Waals surface area contributed by atoms with E-state index in [1.165, 1.54) is 25.7 Å². The number of hydrogen-bond acceptors (Lipinski definition) is 1. The predicted molar refractivity (Wildman–Crippen MR) is 66.1 cm³/mol. The zero-order chi connectivity index (χ0) is 13.1. The average Bonchev–Trinajstić information content (AvgIpc) is 2.22. The van der Waals surface area contributed by atoms with Crippen LogP contribution in [0.25, 0.3) is 0 Å². The minimum atomic E-state index is -3.99. The zero-order valence-electron chi connectivity index (χ0n) is 11.1. The SMILES string of the molecule is CCCCCCC(C)NCCCCC(F)(F)F. The highest BCUT2D eigenvalue weighted by Gasteiger charge is 2.25. The maximum atomic E-state index is 11.9. The van der Waals surface area contributed by atoms with Crippen molar-refractivity contribution in [3.05, 3.63) is 0 Å². The average molecular weight is 253 g/mol. The van der Waals surface area contributed by atoms with Crippen LogP contribution in [0.5, 0.6) is 0 Å². The Morgan fingerprint density at radius 2 is 1.71 bits per heavy atom. The fourth-order valence-corrected chi connectivity index (χ4v) is 1.78. The Hall–Kier alpha value is -0.250. The van der Waals surface area contributed by atoms with Crippen molar-refractivity contribution in [2.45, 2.75) is 77.4 Å². The Kier molecular flexibility index (Phi) is 9.60. The molecule has 0 aliphatic rings. The number of halogens is 3. The molecule has 104 valence electrons. The van der Waals surface area contributed by atoms with Crippen molar-refractivity contribution in [3.8, 4) is 0 Å². The van der Waals surface area contributed by atoms with Crippen molar-refractivity contribution in [2.75, 3.05) is 6.54 Å². The fourth-order valence-electron chi connectivity index (χ4n) is 1.78. The third kappa shape index (κ3) is 13.7. The maximum Gasteiger partial charge on any atom is 0.389 e. The van der Waals surface area contributed by atoms with Crippen LogP contribution in [0.3, 0.4) is 0 Å². The summed E-state index contributed by atoms with van der Waals surface area (Å²) in [5, 5.41) is 3.28. The van der Waals surface area contributed by atoms with Gasteiger partial charge in [-0.25, -0.2) is 0 Å². The van der Waals surface area contributed by atoms with Crippen LogP contribution in [0.4, 0.5) is 13.2 Å². The molecule has 0 amide bonds. The normalized spacial score (nSPS) is 13.9. The summed E-state index contributed by atoms with van der Waals surface area (Å²) < 4.78 is 35.6. The summed E-state index contributed by atoms with van der Waals surface area (Å²) in [6.45, 7) is 4.99. The third-order valence-corrected chi connectivity index (χ3v) is 2.87. The largest absolute Gasteiger partial charge is 0.389 e. The van der Waals surface area contributed by atoms with Crippen LogP contribution < -0.4 is 5.32 Å². The van der Waals surface area contributed by atoms with Gasteiger partial charge < -0.3 is 5.32 Å². The van der Waals surface area contributed by atoms with Crippen molar-refractivity contribution < 1.29 is 13.2 Å². The van der Waals surface area contributed by atoms with Crippen molar-refractivity contribution in [3.63, 3.8) is 0 Å². The first-order valence-electron chi connectivity index (χ1n) is 6.76. The number of nitrogens with one attached hydrogen (secondary N) is 1. The van der Waals surface area contributed by atoms with E-state index < -0.39 is 12.6 Å². The van der Waals surface area contributed by atoms with Crippen LogP contribution in [0.1, 0.15) is 65.2 Å². The van der Waals surface area contributed by atoms with E-state index in [4.69, 9.17) is 0 Å². The van der Waals surface area contributed by atoms with E-state index in [1.54, 1.807) is 0 Å². The highest BCUT2D eigenvalue weighted by Crippen LogP contribution is 2.21. The van der Waals surface area contributed by atoms with E-state index in [9.17, 15) is 13.2 Å². The molecule has 0 aromatic heterocycles. The van der Waals surface area contributed by atoms with Gasteiger partial charge in [0.25, 0.3) is 0 Å². The van der Waals surface area contributed by atoms with Gasteiger partial charge in [0.05, 0.1) is 0 Å². The summed E-state index contributed by atoms with van der Waals surface area (Å²) in [5.74, 6) is 0. The summed E-state index contributed by atoms with van der Waals surface area (Å²) in [4.78, 5) is 0. The van der Waals surface area contributed by atoms with Gasteiger partial charge in [-0.3, -0.25) is 0 Å². The lowest BCUT2D eigenvalue weighted by molar-refractivity contribution is -0.135. The Balaban J connectivity index is 3.24. The molecule has 4 heteroatoms. The van der Waals surface area contributed by atoms with Crippen LogP contribution >= 0.6 is 0 Å². The lowest BCUT2D eigenvalue weighted by Gasteiger charge is -2.13. The Morgan fingerprint density at radius 1 is 1.00 bits per heavy atom. The van der Waals surface area contributed by atoms with E-state index in [0.717, 1.165) is 6.42 Å². The van der Waals surface area contributed by atoms with Crippen molar-refractivity contribution in [2.24, 2.45) is 0 Å². The summed E-state index contributed by atoms with van der Waals surface area (Å²) in [5.41, 5.74) is 0. The van der Waals surface area contributed by atoms with Gasteiger partial charge in [0.15, 0.2) is 0 Å². The maximum absolute atomic E-state index is 11.9. The van der Waals surface area contributed by atoms with Gasteiger partial charge in [-0.15, -0.1) is 0 Å². The van der Waals surface area contributed by atoms with Crippen molar-refractivity contribution >= 4 is 0 Å². The molecule has 1 atom stereocenters. The van der Waals surface area contributed by atoms with Gasteiger partial charge in [0.2, 0.25) is 0 Å². The fraction of sp³-hybridized carbons (Fsp3) is 1.00. The molecule has 0 heterocycles. The molecule has 0 fully saturated rings. The van der Waals surface area contributed by atoms with E-state index in [0.29, 0.717) is 19.0 Å². The number of rotatable bonds is 10. The van der Waals surface area contributed by atoms with Crippen LogP contribution in [0.15, 0.2) is 0 Å². The number of hydrogen-bond donors (Lipinski definition) is 1. The van der Waals surface area contributed by atoms with Crippen LogP contribution in [0, 0.1) is 0 Å². The minimum absolute atomic E-state index is 0.235. The van der Waals surface area contributed by atoms with E-state index >= 15 is 0 Å². The molecule has 0 bridgehead atoms. The molecule has 0 spiro atoms. The Labute approximate surface area is 103 Å². The van der Waals surface area contributed by atoms with Gasteiger partial charge in [0.1, 0.15) is 0 Å². The van der Waals surface area contributed by atoms with Crippen LogP contribution in [-0.2, 0) is 0 Å². The van der Waals surface area contributed by atoms with Crippen molar-refractivity contribution in [1.29, 1.82) is 0 Å². The molecule has 0 saturated carbocycles. The molecule has 0 rings (SSSR count). The summed E-state index contributed by atoms with van der Waals surface area (Å²) in [6.07, 6.45) is 2.31. The molecule has 0 aromatic rings. The topological polar surface area (TPSA) is 12.0 Å². The van der Waals surface area contributed by atoms with Gasteiger partial charge in [-0.05, 0) is 32.7 Å². The second-order valence-electron chi connectivity index (χ2n) is 4.78. The summed E-state index contributed by atoms with van der Waals surface area (Å²) in [7, 11) is 0.